The van der Waals surface area contributed by atoms with Gasteiger partial charge in [0.15, 0.2) is 0 Å². The molecular weight excluding hydrogens is 388 g/mol. The molecule has 2 heteroatoms. The predicted octanol–water partition coefficient (Wildman–Crippen LogP) is 8.54. The fraction of sp³-hybridized carbons (Fsp3) is 1.00. The first-order valence-corrected chi connectivity index (χ1v) is 14.1. The zero-order valence-electron chi connectivity index (χ0n) is 24.1. The quantitative estimate of drug-likeness (QED) is 0.309. The summed E-state index contributed by atoms with van der Waals surface area (Å²) in [6.07, 6.45) is 16.9. The van der Waals surface area contributed by atoms with Crippen molar-refractivity contribution in [2.75, 3.05) is 14.1 Å². The molecule has 2 heterocycles. The van der Waals surface area contributed by atoms with Crippen molar-refractivity contribution in [2.45, 2.75) is 162 Å². The minimum absolute atomic E-state index is 0.293. The van der Waals surface area contributed by atoms with E-state index >= 15 is 0 Å². The molecule has 0 aromatic rings. The van der Waals surface area contributed by atoms with E-state index in [4.69, 9.17) is 0 Å². The van der Waals surface area contributed by atoms with Gasteiger partial charge in [-0.1, -0.05) is 51.9 Å². The van der Waals surface area contributed by atoms with Crippen molar-refractivity contribution in [1.82, 2.24) is 9.80 Å². The number of hydrogen-bond acceptors (Lipinski definition) is 2. The van der Waals surface area contributed by atoms with Crippen molar-refractivity contribution in [3.05, 3.63) is 0 Å². The summed E-state index contributed by atoms with van der Waals surface area (Å²) in [6.45, 7) is 22.3. The van der Waals surface area contributed by atoms with E-state index in [0.717, 1.165) is 17.8 Å². The Morgan fingerprint density at radius 3 is 1.22 bits per heavy atom. The zero-order chi connectivity index (χ0) is 24.4. The van der Waals surface area contributed by atoms with Crippen LogP contribution in [0.2, 0.25) is 0 Å². The third-order valence-electron chi connectivity index (χ3n) is 10.0. The van der Waals surface area contributed by atoms with E-state index in [1.54, 1.807) is 0 Å². The second kappa shape index (κ2) is 10.7. The van der Waals surface area contributed by atoms with Gasteiger partial charge in [-0.25, -0.2) is 0 Å². The van der Waals surface area contributed by atoms with Crippen LogP contribution < -0.4 is 0 Å². The van der Waals surface area contributed by atoms with Gasteiger partial charge in [-0.3, -0.25) is 9.80 Å². The molecule has 0 amide bonds. The standard InChI is InChI=1S/C30H60N2/c1-12-13-14-15-16-17-18-19-26(24-20-27(2,3)31(10)28(4,5)21-24)25-22-29(6,7)32(11)30(8,9)23-25/h24-26H,12-23H2,1-11H3. The largest absolute Gasteiger partial charge is 0.296 e. The molecule has 0 bridgehead atoms. The van der Waals surface area contributed by atoms with Crippen molar-refractivity contribution >= 4 is 0 Å². The summed E-state index contributed by atoms with van der Waals surface area (Å²) in [4.78, 5) is 5.34. The van der Waals surface area contributed by atoms with Crippen LogP contribution in [0.4, 0.5) is 0 Å². The number of unbranched alkanes of at least 4 members (excludes halogenated alkanes) is 6. The van der Waals surface area contributed by atoms with E-state index in [1.165, 1.54) is 77.0 Å². The van der Waals surface area contributed by atoms with E-state index in [1.807, 2.05) is 0 Å². The Balaban J connectivity index is 2.18. The van der Waals surface area contributed by atoms with Crippen LogP contribution in [-0.4, -0.2) is 46.1 Å². The highest BCUT2D eigenvalue weighted by Crippen LogP contribution is 2.51. The van der Waals surface area contributed by atoms with Gasteiger partial charge in [0, 0.05) is 22.2 Å². The Hall–Kier alpha value is -0.0800. The molecule has 0 saturated carbocycles. The number of piperidine rings is 2. The average Bonchev–Trinajstić information content (AvgIpc) is 2.65. The number of hydrogen-bond donors (Lipinski definition) is 0. The van der Waals surface area contributed by atoms with Crippen molar-refractivity contribution in [3.63, 3.8) is 0 Å². The molecular formula is C30H60N2. The minimum Gasteiger partial charge on any atom is -0.296 e. The molecule has 2 rings (SSSR count). The third-order valence-corrected chi connectivity index (χ3v) is 10.0. The third kappa shape index (κ3) is 6.74. The second-order valence-corrected chi connectivity index (χ2v) is 14.3. The van der Waals surface area contributed by atoms with Crippen LogP contribution in [0, 0.1) is 17.8 Å². The van der Waals surface area contributed by atoms with E-state index in [0.29, 0.717) is 22.2 Å². The predicted molar refractivity (Wildman–Crippen MR) is 143 cm³/mol. The first-order chi connectivity index (χ1) is 14.6. The number of rotatable bonds is 10. The lowest BCUT2D eigenvalue weighted by atomic mass is 9.60. The lowest BCUT2D eigenvalue weighted by Crippen LogP contribution is -2.62. The molecule has 2 aliphatic heterocycles. The van der Waals surface area contributed by atoms with Crippen LogP contribution in [0.1, 0.15) is 139 Å². The summed E-state index contributed by atoms with van der Waals surface area (Å²) < 4.78 is 0. The average molecular weight is 449 g/mol. The first-order valence-electron chi connectivity index (χ1n) is 14.1. The van der Waals surface area contributed by atoms with Crippen LogP contribution in [0.25, 0.3) is 0 Å². The van der Waals surface area contributed by atoms with Gasteiger partial charge in [-0.05, 0) is 119 Å². The Labute approximate surface area is 203 Å². The van der Waals surface area contributed by atoms with E-state index in [-0.39, 0.29) is 0 Å². The van der Waals surface area contributed by atoms with Crippen LogP contribution in [-0.2, 0) is 0 Å². The molecule has 0 atom stereocenters. The van der Waals surface area contributed by atoms with Crippen molar-refractivity contribution in [3.8, 4) is 0 Å². The first kappa shape index (κ1) is 28.2. The Kier molecular flexibility index (Phi) is 9.39. The monoisotopic (exact) mass is 448 g/mol. The summed E-state index contributed by atoms with van der Waals surface area (Å²) in [7, 11) is 4.73. The van der Waals surface area contributed by atoms with Gasteiger partial charge >= 0.3 is 0 Å². The maximum absolute atomic E-state index is 2.67. The van der Waals surface area contributed by atoms with Crippen LogP contribution in [0.15, 0.2) is 0 Å². The van der Waals surface area contributed by atoms with Gasteiger partial charge in [-0.15, -0.1) is 0 Å². The van der Waals surface area contributed by atoms with Gasteiger partial charge in [0.25, 0.3) is 0 Å². The normalized spacial score (nSPS) is 26.6. The molecule has 2 aliphatic rings. The molecule has 2 saturated heterocycles. The summed E-state index contributed by atoms with van der Waals surface area (Å²) in [6, 6.07) is 0. The summed E-state index contributed by atoms with van der Waals surface area (Å²) in [5.74, 6) is 2.60. The van der Waals surface area contributed by atoms with Crippen LogP contribution in [0.3, 0.4) is 0 Å². The zero-order valence-corrected chi connectivity index (χ0v) is 24.1. The second-order valence-electron chi connectivity index (χ2n) is 14.3. The van der Waals surface area contributed by atoms with Gasteiger partial charge in [0.05, 0.1) is 0 Å². The Bertz CT molecular complexity index is 495. The Morgan fingerprint density at radius 1 is 0.562 bits per heavy atom. The maximum Gasteiger partial charge on any atom is 0.0158 e. The van der Waals surface area contributed by atoms with Crippen molar-refractivity contribution < 1.29 is 0 Å². The fourth-order valence-corrected chi connectivity index (χ4v) is 7.70. The molecule has 0 aliphatic carbocycles. The highest BCUT2D eigenvalue weighted by Gasteiger charge is 2.50. The maximum atomic E-state index is 2.67. The topological polar surface area (TPSA) is 6.48 Å². The minimum atomic E-state index is 0.293. The SMILES string of the molecule is CCCCCCCCCC(C1CC(C)(C)N(C)C(C)(C)C1)C1CC(C)(C)N(C)C(C)(C)C1. The summed E-state index contributed by atoms with van der Waals surface area (Å²) in [5, 5.41) is 0. The van der Waals surface area contributed by atoms with E-state index < -0.39 is 0 Å². The fourth-order valence-electron chi connectivity index (χ4n) is 7.70. The van der Waals surface area contributed by atoms with Crippen LogP contribution in [0.5, 0.6) is 0 Å². The molecule has 0 unspecified atom stereocenters. The highest BCUT2D eigenvalue weighted by molar-refractivity contribution is 5.04. The Morgan fingerprint density at radius 2 is 0.875 bits per heavy atom. The molecule has 0 aromatic heterocycles. The molecule has 0 spiro atoms. The van der Waals surface area contributed by atoms with Crippen molar-refractivity contribution in [2.24, 2.45) is 17.8 Å². The molecule has 0 N–H and O–H groups in total. The van der Waals surface area contributed by atoms with Gasteiger partial charge in [0.1, 0.15) is 0 Å². The smallest absolute Gasteiger partial charge is 0.0158 e. The molecule has 190 valence electrons. The van der Waals surface area contributed by atoms with Gasteiger partial charge < -0.3 is 0 Å². The van der Waals surface area contributed by atoms with Gasteiger partial charge in [0.2, 0.25) is 0 Å². The lowest BCUT2D eigenvalue weighted by molar-refractivity contribution is -0.0844. The molecule has 0 aromatic carbocycles. The highest BCUT2D eigenvalue weighted by atomic mass is 15.2. The molecule has 2 fully saturated rings. The summed E-state index contributed by atoms with van der Waals surface area (Å²) >= 11 is 0. The van der Waals surface area contributed by atoms with E-state index in [2.05, 4.69) is 86.2 Å². The lowest BCUT2D eigenvalue weighted by Gasteiger charge is -2.59. The number of nitrogens with zero attached hydrogens (tertiary/aromatic N) is 2. The van der Waals surface area contributed by atoms with E-state index in [9.17, 15) is 0 Å². The molecule has 32 heavy (non-hydrogen) atoms. The molecule has 0 radical (unpaired) electrons. The number of likely N-dealkylation sites (tertiary alicyclic amines) is 2. The van der Waals surface area contributed by atoms with Gasteiger partial charge in [-0.2, -0.15) is 0 Å². The molecule has 2 nitrogen and oxygen atoms in total. The summed E-state index contributed by atoms with van der Waals surface area (Å²) in [5.41, 5.74) is 1.17. The van der Waals surface area contributed by atoms with Crippen molar-refractivity contribution in [1.29, 1.82) is 0 Å². The van der Waals surface area contributed by atoms with Crippen LogP contribution >= 0.6 is 0 Å².